The number of benzene rings is 3. The van der Waals surface area contributed by atoms with Crippen molar-refractivity contribution in [3.8, 4) is 23.0 Å². The Hall–Kier alpha value is -4.46. The maximum Gasteiger partial charge on any atom is 0.300 e. The van der Waals surface area contributed by atoms with Gasteiger partial charge in [0.25, 0.3) is 11.7 Å². The van der Waals surface area contributed by atoms with Gasteiger partial charge in [0, 0.05) is 16.8 Å². The third-order valence-corrected chi connectivity index (χ3v) is 6.01. The predicted octanol–water partition coefficient (Wildman–Crippen LogP) is 4.84. The highest BCUT2D eigenvalue weighted by Gasteiger charge is 2.48. The number of methoxy groups -OCH3 is 1. The van der Waals surface area contributed by atoms with E-state index in [0.29, 0.717) is 39.8 Å². The maximum absolute atomic E-state index is 13.4. The molecule has 1 unspecified atom stereocenters. The molecule has 0 aromatic heterocycles. The van der Waals surface area contributed by atoms with Crippen LogP contribution in [0.1, 0.15) is 31.0 Å². The summed E-state index contributed by atoms with van der Waals surface area (Å²) in [7, 11) is 1.51. The van der Waals surface area contributed by atoms with Crippen molar-refractivity contribution in [2.24, 2.45) is 0 Å². The van der Waals surface area contributed by atoms with E-state index in [2.05, 4.69) is 0 Å². The first-order valence-electron chi connectivity index (χ1n) is 11.5. The summed E-state index contributed by atoms with van der Waals surface area (Å²) in [5, 5.41) is 11.4. The van der Waals surface area contributed by atoms with Gasteiger partial charge in [0.15, 0.2) is 11.5 Å². The number of para-hydroxylation sites is 1. The standard InChI is InChI=1S/C28H25NO7/c1-16(2)36-19-11-9-18(10-12-19)29-25(20-6-4-5-7-21(20)33-3)24(27(31)28(29)32)26(30)17-8-13-22-23(14-17)35-15-34-22/h4-14,16,25,30H,15H2,1-3H3/b26-24+. The van der Waals surface area contributed by atoms with Crippen molar-refractivity contribution >= 4 is 23.1 Å². The summed E-state index contributed by atoms with van der Waals surface area (Å²) >= 11 is 0. The molecule has 3 aromatic rings. The van der Waals surface area contributed by atoms with Crippen LogP contribution in [-0.4, -0.2) is 36.8 Å². The SMILES string of the molecule is COc1ccccc1C1/C(=C(\O)c2ccc3c(c2)OCO3)C(=O)C(=O)N1c1ccc(OC(C)C)cc1. The molecule has 1 atom stereocenters. The summed E-state index contributed by atoms with van der Waals surface area (Å²) in [6.45, 7) is 3.91. The van der Waals surface area contributed by atoms with E-state index < -0.39 is 17.7 Å². The van der Waals surface area contributed by atoms with Crippen LogP contribution in [-0.2, 0) is 9.59 Å². The topological polar surface area (TPSA) is 94.5 Å². The zero-order valence-electron chi connectivity index (χ0n) is 20.1. The predicted molar refractivity (Wildman–Crippen MR) is 133 cm³/mol. The molecular weight excluding hydrogens is 462 g/mol. The van der Waals surface area contributed by atoms with Gasteiger partial charge in [0.1, 0.15) is 17.3 Å². The van der Waals surface area contributed by atoms with Gasteiger partial charge < -0.3 is 24.1 Å². The molecule has 0 radical (unpaired) electrons. The van der Waals surface area contributed by atoms with Crippen LogP contribution in [0.5, 0.6) is 23.0 Å². The molecule has 8 nitrogen and oxygen atoms in total. The minimum Gasteiger partial charge on any atom is -0.507 e. The van der Waals surface area contributed by atoms with Crippen molar-refractivity contribution in [2.75, 3.05) is 18.8 Å². The number of aliphatic hydroxyl groups excluding tert-OH is 1. The molecule has 1 N–H and O–H groups in total. The van der Waals surface area contributed by atoms with E-state index in [9.17, 15) is 14.7 Å². The quantitative estimate of drug-likeness (QED) is 0.302. The third-order valence-electron chi connectivity index (χ3n) is 6.01. The second kappa shape index (κ2) is 9.30. The number of anilines is 1. The molecule has 0 bridgehead atoms. The van der Waals surface area contributed by atoms with Crippen LogP contribution in [0.2, 0.25) is 0 Å². The number of amides is 1. The zero-order chi connectivity index (χ0) is 25.4. The van der Waals surface area contributed by atoms with E-state index in [1.165, 1.54) is 12.0 Å². The second-order valence-corrected chi connectivity index (χ2v) is 8.64. The smallest absolute Gasteiger partial charge is 0.300 e. The van der Waals surface area contributed by atoms with Crippen molar-refractivity contribution in [1.29, 1.82) is 0 Å². The van der Waals surface area contributed by atoms with Gasteiger partial charge in [-0.15, -0.1) is 0 Å². The summed E-state index contributed by atoms with van der Waals surface area (Å²) in [6, 6.07) is 17.9. The Bertz CT molecular complexity index is 1360. The lowest BCUT2D eigenvalue weighted by Crippen LogP contribution is -2.29. The molecule has 2 aliphatic rings. The van der Waals surface area contributed by atoms with Crippen molar-refractivity contribution < 1.29 is 33.6 Å². The van der Waals surface area contributed by atoms with Crippen molar-refractivity contribution in [1.82, 2.24) is 0 Å². The number of aliphatic hydroxyl groups is 1. The Balaban J connectivity index is 1.67. The van der Waals surface area contributed by atoms with Crippen molar-refractivity contribution in [3.05, 3.63) is 83.4 Å². The Morgan fingerprint density at radius 1 is 1.00 bits per heavy atom. The molecule has 0 saturated carbocycles. The fourth-order valence-corrected chi connectivity index (χ4v) is 4.44. The summed E-state index contributed by atoms with van der Waals surface area (Å²) in [5.74, 6) is 0.226. The number of carbonyl (C=O) groups excluding carboxylic acids is 2. The van der Waals surface area contributed by atoms with Crippen molar-refractivity contribution in [2.45, 2.75) is 26.0 Å². The average molecular weight is 488 g/mol. The van der Waals surface area contributed by atoms with Crippen LogP contribution in [0.4, 0.5) is 5.69 Å². The molecule has 0 aliphatic carbocycles. The summed E-state index contributed by atoms with van der Waals surface area (Å²) < 4.78 is 22.1. The average Bonchev–Trinajstić information content (AvgIpc) is 3.45. The zero-order valence-corrected chi connectivity index (χ0v) is 20.1. The Morgan fingerprint density at radius 2 is 1.72 bits per heavy atom. The highest BCUT2D eigenvalue weighted by Crippen LogP contribution is 2.45. The second-order valence-electron chi connectivity index (χ2n) is 8.64. The number of carbonyl (C=O) groups is 2. The number of hydrogen-bond acceptors (Lipinski definition) is 7. The molecule has 5 rings (SSSR count). The lowest BCUT2D eigenvalue weighted by Gasteiger charge is -2.27. The number of ketones is 1. The molecule has 1 saturated heterocycles. The molecule has 2 aliphatic heterocycles. The highest BCUT2D eigenvalue weighted by molar-refractivity contribution is 6.51. The molecule has 3 aromatic carbocycles. The third kappa shape index (κ3) is 4.00. The van der Waals surface area contributed by atoms with E-state index in [-0.39, 0.29) is 24.2 Å². The van der Waals surface area contributed by atoms with Crippen LogP contribution in [0, 0.1) is 0 Å². The van der Waals surface area contributed by atoms with Gasteiger partial charge in [-0.05, 0) is 62.4 Å². The minimum atomic E-state index is -0.927. The molecule has 2 heterocycles. The number of Topliss-reactive ketones (excluding diaryl/α,β-unsaturated/α-hetero) is 1. The first-order valence-corrected chi connectivity index (χ1v) is 11.5. The molecule has 1 amide bonds. The van der Waals surface area contributed by atoms with Gasteiger partial charge in [-0.2, -0.15) is 0 Å². The number of ether oxygens (including phenoxy) is 4. The first kappa shape index (κ1) is 23.3. The van der Waals surface area contributed by atoms with E-state index in [1.807, 2.05) is 13.8 Å². The Labute approximate surface area is 208 Å². The van der Waals surface area contributed by atoms with Gasteiger partial charge in [-0.3, -0.25) is 14.5 Å². The lowest BCUT2D eigenvalue weighted by atomic mass is 9.94. The van der Waals surface area contributed by atoms with Crippen LogP contribution >= 0.6 is 0 Å². The van der Waals surface area contributed by atoms with Crippen LogP contribution in [0.25, 0.3) is 5.76 Å². The molecular formula is C28H25NO7. The monoisotopic (exact) mass is 487 g/mol. The Morgan fingerprint density at radius 3 is 2.44 bits per heavy atom. The van der Waals surface area contributed by atoms with Gasteiger partial charge >= 0.3 is 0 Å². The molecule has 184 valence electrons. The molecule has 1 fully saturated rings. The van der Waals surface area contributed by atoms with Crippen LogP contribution in [0.15, 0.2) is 72.3 Å². The van der Waals surface area contributed by atoms with Gasteiger partial charge in [0.05, 0.1) is 24.8 Å². The fourth-order valence-electron chi connectivity index (χ4n) is 4.44. The van der Waals surface area contributed by atoms with E-state index in [0.717, 1.165) is 0 Å². The number of nitrogens with zero attached hydrogens (tertiary/aromatic N) is 1. The minimum absolute atomic E-state index is 0.0136. The lowest BCUT2D eigenvalue weighted by molar-refractivity contribution is -0.132. The van der Waals surface area contributed by atoms with Gasteiger partial charge in [-0.25, -0.2) is 0 Å². The van der Waals surface area contributed by atoms with E-state index in [1.54, 1.807) is 66.7 Å². The van der Waals surface area contributed by atoms with E-state index in [4.69, 9.17) is 18.9 Å². The Kier molecular flexibility index (Phi) is 6.01. The van der Waals surface area contributed by atoms with Crippen LogP contribution < -0.4 is 23.8 Å². The van der Waals surface area contributed by atoms with E-state index >= 15 is 0 Å². The summed E-state index contributed by atoms with van der Waals surface area (Å²) in [5.41, 5.74) is 1.32. The number of fused-ring (bicyclic) bond motifs is 1. The van der Waals surface area contributed by atoms with Crippen LogP contribution in [0.3, 0.4) is 0 Å². The van der Waals surface area contributed by atoms with Gasteiger partial charge in [-0.1, -0.05) is 18.2 Å². The maximum atomic E-state index is 13.4. The van der Waals surface area contributed by atoms with Crippen molar-refractivity contribution in [3.63, 3.8) is 0 Å². The first-order chi connectivity index (χ1) is 17.4. The molecule has 0 spiro atoms. The number of rotatable bonds is 6. The molecule has 8 heteroatoms. The largest absolute Gasteiger partial charge is 0.507 e. The van der Waals surface area contributed by atoms with Gasteiger partial charge in [0.2, 0.25) is 6.79 Å². The number of hydrogen-bond donors (Lipinski definition) is 1. The normalized spacial score (nSPS) is 18.1. The highest BCUT2D eigenvalue weighted by atomic mass is 16.7. The fraction of sp³-hybridized carbons (Fsp3) is 0.214. The molecule has 36 heavy (non-hydrogen) atoms. The summed E-state index contributed by atoms with van der Waals surface area (Å²) in [6.07, 6.45) is -0.0136. The summed E-state index contributed by atoms with van der Waals surface area (Å²) in [4.78, 5) is 28.2.